The molecule has 1 atom stereocenters. The van der Waals surface area contributed by atoms with Crippen molar-refractivity contribution < 1.29 is 28.6 Å². The summed E-state index contributed by atoms with van der Waals surface area (Å²) in [5, 5.41) is 0. The van der Waals surface area contributed by atoms with Crippen LogP contribution in [0.25, 0.3) is 0 Å². The number of esters is 3. The third-order valence-corrected chi connectivity index (χ3v) is 14.8. The smallest absolute Gasteiger partial charge is 0.306 e. The van der Waals surface area contributed by atoms with Crippen LogP contribution in [-0.4, -0.2) is 37.2 Å². The predicted octanol–water partition coefficient (Wildman–Crippen LogP) is 23.6. The summed E-state index contributed by atoms with van der Waals surface area (Å²) >= 11 is 0. The van der Waals surface area contributed by atoms with Crippen LogP contribution in [0.15, 0.2) is 97.2 Å². The number of hydrogen-bond donors (Lipinski definition) is 0. The fourth-order valence-electron chi connectivity index (χ4n) is 9.67. The molecule has 0 heterocycles. The minimum atomic E-state index is -0.790. The van der Waals surface area contributed by atoms with Crippen molar-refractivity contribution in [3.63, 3.8) is 0 Å². The molecule has 0 radical (unpaired) electrons. The van der Waals surface area contributed by atoms with Gasteiger partial charge in [0.25, 0.3) is 0 Å². The second kappa shape index (κ2) is 67.8. The summed E-state index contributed by atoms with van der Waals surface area (Å²) < 4.78 is 17.0. The topological polar surface area (TPSA) is 78.9 Å². The molecular weight excluding hydrogens is 985 g/mol. The van der Waals surface area contributed by atoms with Gasteiger partial charge in [-0.05, 0) is 122 Å². The van der Waals surface area contributed by atoms with E-state index < -0.39 is 6.10 Å². The first-order chi connectivity index (χ1) is 39.5. The molecule has 0 aromatic carbocycles. The molecule has 0 amide bonds. The highest BCUT2D eigenvalue weighted by Gasteiger charge is 2.19. The standard InChI is InChI=1S/C74H128O6/c1-4-7-10-13-16-19-22-25-28-31-34-36-37-39-40-43-46-49-52-55-58-61-64-67-73(76)79-70-71(69-78-72(75)66-63-60-57-54-51-48-45-42-33-30-27-24-21-18-15-12-9-6-3)80-74(77)68-65-62-59-56-53-50-47-44-41-38-35-32-29-26-23-20-17-14-11-8-5-2/h7,10,16,19,21,24-25,28,30,32-36,39-40,71H,4-6,8-9,11-15,17-18,20,22-23,26-27,29,31,37-38,41-70H2,1-3H3/b10-7-,19-16-,24-21-,28-25-,33-30-,35-32-,36-34-,40-39-. The van der Waals surface area contributed by atoms with Crippen LogP contribution in [-0.2, 0) is 28.6 Å². The molecule has 0 bridgehead atoms. The van der Waals surface area contributed by atoms with Gasteiger partial charge in [0, 0.05) is 19.3 Å². The first-order valence-corrected chi connectivity index (χ1v) is 34.2. The number of carbonyl (C=O) groups excluding carboxylic acids is 3. The van der Waals surface area contributed by atoms with Gasteiger partial charge in [0.05, 0.1) is 0 Å². The maximum absolute atomic E-state index is 13.0. The Morgan fingerprint density at radius 3 is 0.787 bits per heavy atom. The summed E-state index contributed by atoms with van der Waals surface area (Å²) in [5.74, 6) is -0.891. The molecule has 80 heavy (non-hydrogen) atoms. The fraction of sp³-hybridized carbons (Fsp3) is 0.743. The highest BCUT2D eigenvalue weighted by molar-refractivity contribution is 5.71. The highest BCUT2D eigenvalue weighted by Crippen LogP contribution is 2.16. The number of unbranched alkanes of at least 4 members (excludes halogenated alkanes) is 35. The first-order valence-electron chi connectivity index (χ1n) is 34.2. The molecule has 0 rings (SSSR count). The Morgan fingerprint density at radius 1 is 0.263 bits per heavy atom. The van der Waals surface area contributed by atoms with Gasteiger partial charge in [0.15, 0.2) is 6.10 Å². The van der Waals surface area contributed by atoms with Crippen LogP contribution >= 0.6 is 0 Å². The van der Waals surface area contributed by atoms with Crippen LogP contribution in [0.2, 0.25) is 0 Å². The van der Waals surface area contributed by atoms with Crippen LogP contribution in [0.3, 0.4) is 0 Å². The van der Waals surface area contributed by atoms with Gasteiger partial charge in [0.1, 0.15) is 13.2 Å². The van der Waals surface area contributed by atoms with Crippen molar-refractivity contribution in [1.82, 2.24) is 0 Å². The summed E-state index contributed by atoms with van der Waals surface area (Å²) in [7, 11) is 0. The third kappa shape index (κ3) is 65.1. The molecule has 0 saturated heterocycles. The predicted molar refractivity (Wildman–Crippen MR) is 348 cm³/mol. The molecular formula is C74H128O6. The Morgan fingerprint density at radius 2 is 0.487 bits per heavy atom. The average molecular weight is 1110 g/mol. The molecule has 0 aliphatic carbocycles. The summed E-state index contributed by atoms with van der Waals surface area (Å²) in [6.07, 6.45) is 91.3. The van der Waals surface area contributed by atoms with Crippen LogP contribution < -0.4 is 0 Å². The van der Waals surface area contributed by atoms with Gasteiger partial charge in [-0.25, -0.2) is 0 Å². The molecule has 0 aliphatic rings. The summed E-state index contributed by atoms with van der Waals surface area (Å²) in [6.45, 7) is 6.53. The van der Waals surface area contributed by atoms with E-state index in [1.807, 2.05) is 0 Å². The number of rotatable bonds is 62. The SMILES string of the molecule is CC/C=C\C/C=C\C/C=C\C/C=C\C/C=C\CCCCCCCCCC(=O)OCC(COC(=O)CCCCCCCCC/C=C\C/C=C\CCCCCC)OC(=O)CCCCCCCCCCC/C=C\CCCCCCCCCC. The van der Waals surface area contributed by atoms with Crippen molar-refractivity contribution in [2.45, 2.75) is 341 Å². The fourth-order valence-corrected chi connectivity index (χ4v) is 9.67. The first kappa shape index (κ1) is 76.3. The van der Waals surface area contributed by atoms with E-state index in [4.69, 9.17) is 14.2 Å². The zero-order chi connectivity index (χ0) is 57.8. The molecule has 6 heteroatoms. The Labute approximate surface area is 496 Å². The lowest BCUT2D eigenvalue weighted by Crippen LogP contribution is -2.30. The Hall–Kier alpha value is -3.67. The minimum Gasteiger partial charge on any atom is -0.462 e. The average Bonchev–Trinajstić information content (AvgIpc) is 3.46. The summed E-state index contributed by atoms with van der Waals surface area (Å²) in [6, 6.07) is 0. The van der Waals surface area contributed by atoms with E-state index >= 15 is 0 Å². The molecule has 0 N–H and O–H groups in total. The maximum Gasteiger partial charge on any atom is 0.306 e. The molecule has 460 valence electrons. The molecule has 1 unspecified atom stereocenters. The van der Waals surface area contributed by atoms with Gasteiger partial charge >= 0.3 is 17.9 Å². The zero-order valence-electron chi connectivity index (χ0n) is 52.8. The van der Waals surface area contributed by atoms with E-state index in [0.29, 0.717) is 19.3 Å². The van der Waals surface area contributed by atoms with E-state index in [0.717, 1.165) is 109 Å². The molecule has 0 saturated carbocycles. The quantitative estimate of drug-likeness (QED) is 0.0261. The van der Waals surface area contributed by atoms with Gasteiger partial charge < -0.3 is 14.2 Å². The van der Waals surface area contributed by atoms with E-state index in [-0.39, 0.29) is 31.1 Å². The number of carbonyl (C=O) groups is 3. The van der Waals surface area contributed by atoms with E-state index in [1.54, 1.807) is 0 Å². The lowest BCUT2D eigenvalue weighted by Gasteiger charge is -2.18. The maximum atomic E-state index is 13.0. The van der Waals surface area contributed by atoms with E-state index in [2.05, 4.69) is 118 Å². The van der Waals surface area contributed by atoms with Crippen molar-refractivity contribution in [2.75, 3.05) is 13.2 Å². The molecule has 0 aromatic rings. The van der Waals surface area contributed by atoms with Gasteiger partial charge in [-0.1, -0.05) is 291 Å². The lowest BCUT2D eigenvalue weighted by atomic mass is 10.1. The van der Waals surface area contributed by atoms with E-state index in [1.165, 1.54) is 186 Å². The lowest BCUT2D eigenvalue weighted by molar-refractivity contribution is -0.167. The Balaban J connectivity index is 4.41. The number of hydrogen-bond acceptors (Lipinski definition) is 6. The van der Waals surface area contributed by atoms with Gasteiger partial charge in [-0.15, -0.1) is 0 Å². The van der Waals surface area contributed by atoms with Crippen molar-refractivity contribution in [2.24, 2.45) is 0 Å². The Bertz CT molecular complexity index is 1560. The second-order valence-corrected chi connectivity index (χ2v) is 22.7. The van der Waals surface area contributed by atoms with Gasteiger partial charge in [-0.3, -0.25) is 14.4 Å². The number of allylic oxidation sites excluding steroid dienone is 16. The molecule has 0 fully saturated rings. The molecule has 6 nitrogen and oxygen atoms in total. The molecule has 0 spiro atoms. The normalized spacial score (nSPS) is 12.7. The monoisotopic (exact) mass is 1110 g/mol. The van der Waals surface area contributed by atoms with Gasteiger partial charge in [-0.2, -0.15) is 0 Å². The van der Waals surface area contributed by atoms with Crippen molar-refractivity contribution in [3.05, 3.63) is 97.2 Å². The Kier molecular flexibility index (Phi) is 64.7. The molecule has 0 aliphatic heterocycles. The number of ether oxygens (including phenoxy) is 3. The minimum absolute atomic E-state index is 0.0850. The van der Waals surface area contributed by atoms with Crippen molar-refractivity contribution in [1.29, 1.82) is 0 Å². The van der Waals surface area contributed by atoms with Crippen LogP contribution in [0.5, 0.6) is 0 Å². The van der Waals surface area contributed by atoms with Crippen molar-refractivity contribution in [3.8, 4) is 0 Å². The third-order valence-electron chi connectivity index (χ3n) is 14.8. The zero-order valence-corrected chi connectivity index (χ0v) is 52.8. The largest absolute Gasteiger partial charge is 0.462 e. The summed E-state index contributed by atoms with van der Waals surface area (Å²) in [5.41, 5.74) is 0. The second-order valence-electron chi connectivity index (χ2n) is 22.7. The summed E-state index contributed by atoms with van der Waals surface area (Å²) in [4.78, 5) is 38.5. The van der Waals surface area contributed by atoms with Crippen molar-refractivity contribution >= 4 is 17.9 Å². The highest BCUT2D eigenvalue weighted by atomic mass is 16.6. The van der Waals surface area contributed by atoms with Crippen LogP contribution in [0.4, 0.5) is 0 Å². The van der Waals surface area contributed by atoms with Gasteiger partial charge in [0.2, 0.25) is 0 Å². The van der Waals surface area contributed by atoms with Crippen LogP contribution in [0, 0.1) is 0 Å². The molecule has 0 aromatic heterocycles. The van der Waals surface area contributed by atoms with Crippen LogP contribution in [0.1, 0.15) is 335 Å². The van der Waals surface area contributed by atoms with E-state index in [9.17, 15) is 14.4 Å².